The fourth-order valence-electron chi connectivity index (χ4n) is 2.59. The maximum absolute atomic E-state index is 9.13. The number of furan rings is 1. The Hall–Kier alpha value is -2.52. The summed E-state index contributed by atoms with van der Waals surface area (Å²) in [5.41, 5.74) is 2.36. The molecule has 5 nitrogen and oxygen atoms in total. The average Bonchev–Trinajstić information content (AvgIpc) is 3.25. The molecule has 1 aromatic carbocycles. The van der Waals surface area contributed by atoms with Crippen LogP contribution in [0.2, 0.25) is 0 Å². The van der Waals surface area contributed by atoms with Crippen molar-refractivity contribution in [3.8, 4) is 17.5 Å². The summed E-state index contributed by atoms with van der Waals surface area (Å²) in [7, 11) is 0. The maximum Gasteiger partial charge on any atom is 0.193 e. The van der Waals surface area contributed by atoms with E-state index < -0.39 is 0 Å². The van der Waals surface area contributed by atoms with Crippen LogP contribution in [-0.2, 0) is 12.0 Å². The maximum atomic E-state index is 9.13. The van der Waals surface area contributed by atoms with Crippen LogP contribution in [0.4, 0.5) is 0 Å². The smallest absolute Gasteiger partial charge is 0.193 e. The van der Waals surface area contributed by atoms with Crippen LogP contribution in [-0.4, -0.2) is 20.0 Å². The Labute approximate surface area is 158 Å². The summed E-state index contributed by atoms with van der Waals surface area (Å²) < 4.78 is 7.50. The minimum atomic E-state index is -0.203. The molecule has 3 rings (SSSR count). The van der Waals surface area contributed by atoms with E-state index in [2.05, 4.69) is 61.3 Å². The third-order valence-corrected chi connectivity index (χ3v) is 5.06. The molecule has 0 saturated heterocycles. The van der Waals surface area contributed by atoms with Crippen LogP contribution in [0.1, 0.15) is 39.0 Å². The predicted octanol–water partition coefficient (Wildman–Crippen LogP) is 4.89. The highest BCUT2D eigenvalue weighted by Gasteiger charge is 2.19. The quantitative estimate of drug-likeness (QED) is 0.602. The Bertz CT molecular complexity index is 899. The lowest BCUT2D eigenvalue weighted by atomic mass is 9.87. The van der Waals surface area contributed by atoms with E-state index in [1.807, 2.05) is 23.6 Å². The number of hydrogen-bond acceptors (Lipinski definition) is 5. The van der Waals surface area contributed by atoms with E-state index in [0.29, 0.717) is 11.7 Å². The normalized spacial score (nSPS) is 12.7. The van der Waals surface area contributed by atoms with Crippen LogP contribution in [0, 0.1) is 11.3 Å². The lowest BCUT2D eigenvalue weighted by Crippen LogP contribution is -2.10. The van der Waals surface area contributed by atoms with Gasteiger partial charge in [-0.1, -0.05) is 56.8 Å². The molecule has 0 amide bonds. The lowest BCUT2D eigenvalue weighted by Gasteiger charge is -2.19. The number of thioether (sulfide) groups is 1. The minimum Gasteiger partial charge on any atom is -0.467 e. The summed E-state index contributed by atoms with van der Waals surface area (Å²) in [6.45, 7) is 8.96. The van der Waals surface area contributed by atoms with Crippen molar-refractivity contribution in [1.82, 2.24) is 14.8 Å². The Morgan fingerprint density at radius 3 is 2.50 bits per heavy atom. The highest BCUT2D eigenvalue weighted by Crippen LogP contribution is 2.29. The van der Waals surface area contributed by atoms with Gasteiger partial charge in [-0.2, -0.15) is 5.26 Å². The second kappa shape index (κ2) is 7.38. The number of nitrogens with zero attached hydrogens (tertiary/aromatic N) is 4. The highest BCUT2D eigenvalue weighted by atomic mass is 32.2. The summed E-state index contributed by atoms with van der Waals surface area (Å²) in [6, 6.07) is 14.4. The van der Waals surface area contributed by atoms with Crippen molar-refractivity contribution >= 4 is 11.8 Å². The molecule has 1 atom stereocenters. The molecule has 0 unspecified atom stereocenters. The van der Waals surface area contributed by atoms with Crippen LogP contribution < -0.4 is 0 Å². The number of rotatable bonds is 5. The SMILES string of the molecule is C[C@@H](C#N)Sc1nnc(-c2ccc(C(C)(C)C)cc2)n1Cc1ccco1. The Morgan fingerprint density at radius 2 is 1.92 bits per heavy atom. The third kappa shape index (κ3) is 4.00. The van der Waals surface area contributed by atoms with Gasteiger partial charge >= 0.3 is 0 Å². The van der Waals surface area contributed by atoms with Gasteiger partial charge < -0.3 is 4.42 Å². The predicted molar refractivity (Wildman–Crippen MR) is 103 cm³/mol. The van der Waals surface area contributed by atoms with Crippen LogP contribution in [0.25, 0.3) is 11.4 Å². The van der Waals surface area contributed by atoms with E-state index in [1.165, 1.54) is 17.3 Å². The molecule has 0 radical (unpaired) electrons. The third-order valence-electron chi connectivity index (χ3n) is 4.08. The van der Waals surface area contributed by atoms with Crippen molar-refractivity contribution in [1.29, 1.82) is 5.26 Å². The van der Waals surface area contributed by atoms with Crippen LogP contribution in [0.3, 0.4) is 0 Å². The summed E-state index contributed by atoms with van der Waals surface area (Å²) in [5.74, 6) is 1.60. The van der Waals surface area contributed by atoms with Crippen LogP contribution in [0.5, 0.6) is 0 Å². The van der Waals surface area contributed by atoms with Crippen molar-refractivity contribution in [3.05, 3.63) is 54.0 Å². The number of benzene rings is 1. The fourth-order valence-corrected chi connectivity index (χ4v) is 3.33. The molecule has 0 N–H and O–H groups in total. The second-order valence-electron chi connectivity index (χ2n) is 7.19. The van der Waals surface area contributed by atoms with Crippen molar-refractivity contribution in [3.63, 3.8) is 0 Å². The van der Waals surface area contributed by atoms with E-state index in [4.69, 9.17) is 9.68 Å². The molecular formula is C20H22N4OS. The Balaban J connectivity index is 1.99. The van der Waals surface area contributed by atoms with Crippen LogP contribution >= 0.6 is 11.8 Å². The van der Waals surface area contributed by atoms with Crippen molar-refractivity contribution in [2.75, 3.05) is 0 Å². The van der Waals surface area contributed by atoms with E-state index in [-0.39, 0.29) is 10.7 Å². The fraction of sp³-hybridized carbons (Fsp3) is 0.350. The first kappa shape index (κ1) is 18.3. The molecule has 26 heavy (non-hydrogen) atoms. The molecule has 134 valence electrons. The molecule has 0 aliphatic carbocycles. The Morgan fingerprint density at radius 1 is 1.19 bits per heavy atom. The first-order valence-electron chi connectivity index (χ1n) is 8.51. The van der Waals surface area contributed by atoms with Gasteiger partial charge in [0.25, 0.3) is 0 Å². The molecule has 2 aromatic heterocycles. The zero-order valence-corrected chi connectivity index (χ0v) is 16.2. The summed E-state index contributed by atoms with van der Waals surface area (Å²) in [6.07, 6.45) is 1.65. The molecule has 0 aliphatic rings. The van der Waals surface area contributed by atoms with Gasteiger partial charge in [-0.3, -0.25) is 4.57 Å². The first-order valence-corrected chi connectivity index (χ1v) is 9.39. The summed E-state index contributed by atoms with van der Waals surface area (Å²) in [5, 5.41) is 18.3. The highest BCUT2D eigenvalue weighted by molar-refractivity contribution is 8.00. The zero-order valence-electron chi connectivity index (χ0n) is 15.4. The number of aromatic nitrogens is 3. The van der Waals surface area contributed by atoms with Crippen molar-refractivity contribution in [2.24, 2.45) is 0 Å². The lowest BCUT2D eigenvalue weighted by molar-refractivity contribution is 0.485. The zero-order chi connectivity index (χ0) is 18.7. The molecule has 0 saturated carbocycles. The first-order chi connectivity index (χ1) is 12.4. The van der Waals surface area contributed by atoms with Gasteiger partial charge in [-0.05, 0) is 30.0 Å². The second-order valence-corrected chi connectivity index (χ2v) is 8.50. The van der Waals surface area contributed by atoms with Gasteiger partial charge in [-0.25, -0.2) is 0 Å². The van der Waals surface area contributed by atoms with E-state index >= 15 is 0 Å². The topological polar surface area (TPSA) is 67.6 Å². The molecule has 6 heteroatoms. The minimum absolute atomic E-state index is 0.101. The summed E-state index contributed by atoms with van der Waals surface area (Å²) >= 11 is 1.40. The largest absolute Gasteiger partial charge is 0.467 e. The number of hydrogen-bond donors (Lipinski definition) is 0. The van der Waals surface area contributed by atoms with Gasteiger partial charge in [-0.15, -0.1) is 10.2 Å². The number of nitriles is 1. The molecule has 2 heterocycles. The molecular weight excluding hydrogens is 344 g/mol. The van der Waals surface area contributed by atoms with E-state index in [9.17, 15) is 0 Å². The molecule has 0 bridgehead atoms. The standard InChI is InChI=1S/C20H22N4OS/c1-14(12-21)26-19-23-22-18(24(19)13-17-6-5-11-25-17)15-7-9-16(10-8-15)20(2,3)4/h5-11,14H,13H2,1-4H3/t14-/m0/s1. The average molecular weight is 366 g/mol. The van der Waals surface area contributed by atoms with Gasteiger partial charge in [0.1, 0.15) is 5.76 Å². The van der Waals surface area contributed by atoms with E-state index in [0.717, 1.165) is 17.1 Å². The van der Waals surface area contributed by atoms with Gasteiger partial charge in [0.15, 0.2) is 11.0 Å². The van der Waals surface area contributed by atoms with Crippen LogP contribution in [0.15, 0.2) is 52.2 Å². The van der Waals surface area contributed by atoms with Gasteiger partial charge in [0.05, 0.1) is 24.1 Å². The molecule has 3 aromatic rings. The monoisotopic (exact) mass is 366 g/mol. The van der Waals surface area contributed by atoms with E-state index in [1.54, 1.807) is 6.26 Å². The van der Waals surface area contributed by atoms with Crippen molar-refractivity contribution < 1.29 is 4.42 Å². The van der Waals surface area contributed by atoms with Crippen molar-refractivity contribution in [2.45, 2.75) is 50.1 Å². The van der Waals surface area contributed by atoms with Gasteiger partial charge in [0, 0.05) is 5.56 Å². The molecule has 0 aliphatic heterocycles. The van der Waals surface area contributed by atoms with Gasteiger partial charge in [0.2, 0.25) is 0 Å². The molecule has 0 fully saturated rings. The Kier molecular flexibility index (Phi) is 5.19. The summed E-state index contributed by atoms with van der Waals surface area (Å²) in [4.78, 5) is 0. The molecule has 0 spiro atoms.